The second-order valence-corrected chi connectivity index (χ2v) is 5.21. The largest absolute Gasteiger partial charge is 0.374 e. The van der Waals surface area contributed by atoms with Crippen LogP contribution >= 0.6 is 0 Å². The van der Waals surface area contributed by atoms with Crippen molar-refractivity contribution in [3.05, 3.63) is 12.3 Å². The van der Waals surface area contributed by atoms with Gasteiger partial charge in [0.05, 0.1) is 0 Å². The van der Waals surface area contributed by atoms with Crippen LogP contribution in [0.4, 0.5) is 0 Å². The highest BCUT2D eigenvalue weighted by Crippen LogP contribution is 2.28. The number of hydrogen-bond acceptors (Lipinski definition) is 2. The van der Waals surface area contributed by atoms with Crippen molar-refractivity contribution >= 4 is 0 Å². The molecule has 0 spiro atoms. The minimum Gasteiger partial charge on any atom is -0.374 e. The summed E-state index contributed by atoms with van der Waals surface area (Å²) in [6.45, 7) is 13.8. The SMILES string of the molecule is C=C(CN)N(C)C(C(C)CC)C(CC)CCC. The summed E-state index contributed by atoms with van der Waals surface area (Å²) in [7, 11) is 2.16. The van der Waals surface area contributed by atoms with Crippen LogP contribution in [-0.2, 0) is 0 Å². The summed E-state index contributed by atoms with van der Waals surface area (Å²) in [4.78, 5) is 2.33. The van der Waals surface area contributed by atoms with Crippen molar-refractivity contribution in [1.29, 1.82) is 0 Å². The first-order chi connectivity index (χ1) is 8.03. The summed E-state index contributed by atoms with van der Waals surface area (Å²) in [5, 5.41) is 0. The predicted octanol–water partition coefficient (Wildman–Crippen LogP) is 3.63. The maximum atomic E-state index is 5.73. The fraction of sp³-hybridized carbons (Fsp3) is 0.867. The molecule has 2 nitrogen and oxygen atoms in total. The normalized spacial score (nSPS) is 16.4. The van der Waals surface area contributed by atoms with Crippen molar-refractivity contribution in [1.82, 2.24) is 4.90 Å². The number of hydrogen-bond donors (Lipinski definition) is 1. The van der Waals surface area contributed by atoms with Crippen LogP contribution < -0.4 is 5.73 Å². The van der Waals surface area contributed by atoms with E-state index < -0.39 is 0 Å². The number of likely N-dealkylation sites (N-methyl/N-ethyl adjacent to an activating group) is 1. The van der Waals surface area contributed by atoms with Gasteiger partial charge in [0.1, 0.15) is 0 Å². The first-order valence-electron chi connectivity index (χ1n) is 7.13. The van der Waals surface area contributed by atoms with Crippen molar-refractivity contribution < 1.29 is 0 Å². The molecule has 0 aromatic heterocycles. The van der Waals surface area contributed by atoms with E-state index in [2.05, 4.69) is 46.2 Å². The number of nitrogens with zero attached hydrogens (tertiary/aromatic N) is 1. The van der Waals surface area contributed by atoms with Crippen LogP contribution in [0.5, 0.6) is 0 Å². The van der Waals surface area contributed by atoms with Crippen LogP contribution in [-0.4, -0.2) is 24.5 Å². The number of nitrogens with two attached hydrogens (primary N) is 1. The highest BCUT2D eigenvalue weighted by Gasteiger charge is 2.28. The summed E-state index contributed by atoms with van der Waals surface area (Å²) in [6.07, 6.45) is 5.01. The van der Waals surface area contributed by atoms with Crippen LogP contribution in [0.3, 0.4) is 0 Å². The third kappa shape index (κ3) is 4.71. The van der Waals surface area contributed by atoms with Crippen LogP contribution in [0, 0.1) is 11.8 Å². The Hall–Kier alpha value is -0.500. The molecule has 0 bridgehead atoms. The van der Waals surface area contributed by atoms with Gasteiger partial charge in [0.25, 0.3) is 0 Å². The lowest BCUT2D eigenvalue weighted by Gasteiger charge is -2.40. The Labute approximate surface area is 108 Å². The molecule has 17 heavy (non-hydrogen) atoms. The molecule has 0 aromatic carbocycles. The summed E-state index contributed by atoms with van der Waals surface area (Å²) in [6, 6.07) is 0.584. The van der Waals surface area contributed by atoms with Gasteiger partial charge in [-0.2, -0.15) is 0 Å². The highest BCUT2D eigenvalue weighted by atomic mass is 15.2. The average molecular weight is 240 g/mol. The van der Waals surface area contributed by atoms with Gasteiger partial charge in [0, 0.05) is 25.3 Å². The lowest BCUT2D eigenvalue weighted by molar-refractivity contribution is 0.140. The highest BCUT2D eigenvalue weighted by molar-refractivity contribution is 4.99. The zero-order valence-corrected chi connectivity index (χ0v) is 12.5. The third-order valence-electron chi connectivity index (χ3n) is 4.08. The van der Waals surface area contributed by atoms with Crippen molar-refractivity contribution in [3.63, 3.8) is 0 Å². The van der Waals surface area contributed by atoms with Gasteiger partial charge in [0.2, 0.25) is 0 Å². The van der Waals surface area contributed by atoms with Gasteiger partial charge in [-0.15, -0.1) is 0 Å². The van der Waals surface area contributed by atoms with E-state index in [0.29, 0.717) is 18.5 Å². The molecule has 2 heteroatoms. The van der Waals surface area contributed by atoms with Crippen LogP contribution in [0.2, 0.25) is 0 Å². The molecular formula is C15H32N2. The van der Waals surface area contributed by atoms with Gasteiger partial charge in [0.15, 0.2) is 0 Å². The molecule has 0 saturated carbocycles. The smallest absolute Gasteiger partial charge is 0.0337 e. The van der Waals surface area contributed by atoms with E-state index in [9.17, 15) is 0 Å². The van der Waals surface area contributed by atoms with E-state index in [1.54, 1.807) is 0 Å². The van der Waals surface area contributed by atoms with Gasteiger partial charge in [-0.1, -0.05) is 53.5 Å². The molecular weight excluding hydrogens is 208 g/mol. The molecule has 3 atom stereocenters. The summed E-state index contributed by atoms with van der Waals surface area (Å²) in [5.41, 5.74) is 6.79. The Balaban J connectivity index is 4.89. The summed E-state index contributed by atoms with van der Waals surface area (Å²) >= 11 is 0. The molecule has 3 unspecified atom stereocenters. The molecule has 102 valence electrons. The fourth-order valence-corrected chi connectivity index (χ4v) is 2.75. The molecule has 0 aliphatic rings. The third-order valence-corrected chi connectivity index (χ3v) is 4.08. The topological polar surface area (TPSA) is 29.3 Å². The minimum atomic E-state index is 0.562. The maximum Gasteiger partial charge on any atom is 0.0337 e. The standard InChI is InChI=1S/C15H32N2/c1-7-10-14(9-3)15(12(4)8-2)17(6)13(5)11-16/h12,14-15H,5,7-11,16H2,1-4,6H3. The Kier molecular flexibility index (Phi) is 8.32. The maximum absolute atomic E-state index is 5.73. The second-order valence-electron chi connectivity index (χ2n) is 5.21. The first-order valence-corrected chi connectivity index (χ1v) is 7.13. The predicted molar refractivity (Wildman–Crippen MR) is 77.9 cm³/mol. The minimum absolute atomic E-state index is 0.562. The Bertz CT molecular complexity index is 213. The van der Waals surface area contributed by atoms with Crippen molar-refractivity contribution in [2.24, 2.45) is 17.6 Å². The summed E-state index contributed by atoms with van der Waals surface area (Å²) in [5.74, 6) is 1.45. The van der Waals surface area contributed by atoms with Crippen LogP contribution in [0.25, 0.3) is 0 Å². The lowest BCUT2D eigenvalue weighted by Crippen LogP contribution is -2.43. The van der Waals surface area contributed by atoms with Gasteiger partial charge in [-0.05, 0) is 18.3 Å². The van der Waals surface area contributed by atoms with Crippen LogP contribution in [0.1, 0.15) is 53.4 Å². The van der Waals surface area contributed by atoms with E-state index >= 15 is 0 Å². The van der Waals surface area contributed by atoms with Crippen molar-refractivity contribution in [3.8, 4) is 0 Å². The van der Waals surface area contributed by atoms with Gasteiger partial charge >= 0.3 is 0 Å². The van der Waals surface area contributed by atoms with E-state index in [1.165, 1.54) is 25.7 Å². The van der Waals surface area contributed by atoms with Gasteiger partial charge < -0.3 is 10.6 Å². The molecule has 0 heterocycles. The number of rotatable bonds is 9. The van der Waals surface area contributed by atoms with Crippen LogP contribution in [0.15, 0.2) is 12.3 Å². The van der Waals surface area contributed by atoms with E-state index in [0.717, 1.165) is 11.6 Å². The van der Waals surface area contributed by atoms with E-state index in [4.69, 9.17) is 5.73 Å². The monoisotopic (exact) mass is 240 g/mol. The lowest BCUT2D eigenvalue weighted by atomic mass is 9.82. The molecule has 2 N–H and O–H groups in total. The molecule has 0 amide bonds. The second kappa shape index (κ2) is 8.57. The zero-order chi connectivity index (χ0) is 13.4. The molecule has 0 fully saturated rings. The zero-order valence-electron chi connectivity index (χ0n) is 12.5. The quantitative estimate of drug-likeness (QED) is 0.667. The van der Waals surface area contributed by atoms with Gasteiger partial charge in [-0.25, -0.2) is 0 Å². The van der Waals surface area contributed by atoms with Gasteiger partial charge in [-0.3, -0.25) is 0 Å². The molecule has 0 aliphatic carbocycles. The summed E-state index contributed by atoms with van der Waals surface area (Å²) < 4.78 is 0. The molecule has 0 saturated heterocycles. The molecule has 0 aliphatic heterocycles. The molecule has 0 rings (SSSR count). The average Bonchev–Trinajstić information content (AvgIpc) is 2.36. The van der Waals surface area contributed by atoms with E-state index in [-0.39, 0.29) is 0 Å². The molecule has 0 radical (unpaired) electrons. The van der Waals surface area contributed by atoms with Crippen molar-refractivity contribution in [2.75, 3.05) is 13.6 Å². The first kappa shape index (κ1) is 16.5. The molecule has 0 aromatic rings. The Morgan fingerprint density at radius 1 is 1.24 bits per heavy atom. The van der Waals surface area contributed by atoms with Crippen molar-refractivity contribution in [2.45, 2.75) is 59.4 Å². The Morgan fingerprint density at radius 3 is 2.18 bits per heavy atom. The fourth-order valence-electron chi connectivity index (χ4n) is 2.75. The van der Waals surface area contributed by atoms with E-state index in [1.807, 2.05) is 0 Å². The Morgan fingerprint density at radius 2 is 1.82 bits per heavy atom.